The quantitative estimate of drug-likeness (QED) is 0.539. The number of rotatable bonds is 9. The molecule has 3 aromatic rings. The maximum absolute atomic E-state index is 14.3. The number of benzene rings is 3. The fraction of sp³-hybridized carbons (Fsp3) is 0.174. The van der Waals surface area contributed by atoms with Crippen LogP contribution in [0.1, 0.15) is 15.9 Å². The molecule has 0 unspecified atom stereocenters. The van der Waals surface area contributed by atoms with E-state index < -0.39 is 11.7 Å². The molecule has 0 fully saturated rings. The lowest BCUT2D eigenvalue weighted by molar-refractivity contribution is 0.1000. The van der Waals surface area contributed by atoms with Gasteiger partial charge in [-0.05, 0) is 60.5 Å². The summed E-state index contributed by atoms with van der Waals surface area (Å²) in [5.41, 5.74) is 7.26. The Labute approximate surface area is 168 Å². The predicted octanol–water partition coefficient (Wildman–Crippen LogP) is 3.94. The summed E-state index contributed by atoms with van der Waals surface area (Å²) >= 11 is 0. The lowest BCUT2D eigenvalue weighted by Gasteiger charge is -2.10. The van der Waals surface area contributed by atoms with Gasteiger partial charge in [-0.2, -0.15) is 0 Å². The highest BCUT2D eigenvalue weighted by Gasteiger charge is 2.09. The van der Waals surface area contributed by atoms with E-state index in [1.54, 1.807) is 30.3 Å². The molecule has 3 N–H and O–H groups in total. The van der Waals surface area contributed by atoms with Crippen molar-refractivity contribution in [2.75, 3.05) is 19.7 Å². The Balaban J connectivity index is 1.49. The summed E-state index contributed by atoms with van der Waals surface area (Å²) in [6.07, 6.45) is 0.730. The molecule has 0 spiro atoms. The Bertz CT molecular complexity index is 992. The number of carbonyl (C=O) groups is 1. The van der Waals surface area contributed by atoms with Gasteiger partial charge in [0.25, 0.3) is 0 Å². The molecule has 3 rings (SSSR count). The number of hydrogen-bond acceptors (Lipinski definition) is 3. The molecule has 0 aliphatic rings. The summed E-state index contributed by atoms with van der Waals surface area (Å²) in [4.78, 5) is 11.2. The van der Waals surface area contributed by atoms with E-state index in [9.17, 15) is 13.6 Å². The lowest BCUT2D eigenvalue weighted by atomic mass is 10.0. The second-order valence-corrected chi connectivity index (χ2v) is 6.57. The first kappa shape index (κ1) is 20.5. The highest BCUT2D eigenvalue weighted by Crippen LogP contribution is 2.27. The van der Waals surface area contributed by atoms with Gasteiger partial charge in [-0.25, -0.2) is 8.78 Å². The molecule has 0 aliphatic carbocycles. The highest BCUT2D eigenvalue weighted by molar-refractivity contribution is 5.93. The summed E-state index contributed by atoms with van der Waals surface area (Å²) in [6, 6.07) is 17.8. The van der Waals surface area contributed by atoms with E-state index in [1.165, 1.54) is 24.3 Å². The standard InChI is InChI=1S/C23H22F2N2O2/c24-19-5-1-3-16(13-19)9-10-27-11-12-29-20-6-2-4-17(14-20)21-8-7-18(23(26)28)15-22(21)25/h1-8,13-15,27H,9-12H2,(H2,26,28). The molecule has 0 aromatic heterocycles. The number of hydrogen-bond donors (Lipinski definition) is 2. The fourth-order valence-electron chi connectivity index (χ4n) is 2.95. The molecule has 6 heteroatoms. The number of carbonyl (C=O) groups excluding carboxylic acids is 1. The minimum absolute atomic E-state index is 0.128. The van der Waals surface area contributed by atoms with Crippen molar-refractivity contribution in [3.63, 3.8) is 0 Å². The smallest absolute Gasteiger partial charge is 0.248 e. The Morgan fingerprint density at radius 2 is 1.79 bits per heavy atom. The van der Waals surface area contributed by atoms with Gasteiger partial charge in [-0.3, -0.25) is 4.79 Å². The van der Waals surface area contributed by atoms with Crippen LogP contribution in [0.4, 0.5) is 8.78 Å². The highest BCUT2D eigenvalue weighted by atomic mass is 19.1. The first-order valence-corrected chi connectivity index (χ1v) is 9.30. The van der Waals surface area contributed by atoms with Crippen LogP contribution in [-0.2, 0) is 6.42 Å². The minimum Gasteiger partial charge on any atom is -0.492 e. The predicted molar refractivity (Wildman–Crippen MR) is 109 cm³/mol. The summed E-state index contributed by atoms with van der Waals surface area (Å²) in [7, 11) is 0. The molecular weight excluding hydrogens is 374 g/mol. The van der Waals surface area contributed by atoms with Crippen molar-refractivity contribution in [2.45, 2.75) is 6.42 Å². The van der Waals surface area contributed by atoms with Crippen LogP contribution in [0.25, 0.3) is 11.1 Å². The van der Waals surface area contributed by atoms with Crippen LogP contribution in [0.3, 0.4) is 0 Å². The van der Waals surface area contributed by atoms with Gasteiger partial charge in [0.05, 0.1) is 0 Å². The molecule has 1 amide bonds. The maximum atomic E-state index is 14.3. The fourth-order valence-corrected chi connectivity index (χ4v) is 2.95. The van der Waals surface area contributed by atoms with Crippen LogP contribution in [0.2, 0.25) is 0 Å². The zero-order valence-electron chi connectivity index (χ0n) is 15.8. The molecule has 0 radical (unpaired) electrons. The number of primary amides is 1. The van der Waals surface area contributed by atoms with Gasteiger partial charge in [0.1, 0.15) is 24.0 Å². The van der Waals surface area contributed by atoms with Crippen molar-refractivity contribution in [1.29, 1.82) is 0 Å². The third kappa shape index (κ3) is 5.86. The van der Waals surface area contributed by atoms with Gasteiger partial charge in [0.2, 0.25) is 5.91 Å². The molecule has 0 bridgehead atoms. The second-order valence-electron chi connectivity index (χ2n) is 6.57. The van der Waals surface area contributed by atoms with Crippen molar-refractivity contribution in [1.82, 2.24) is 5.32 Å². The Morgan fingerprint density at radius 1 is 0.966 bits per heavy atom. The molecule has 0 saturated carbocycles. The van der Waals surface area contributed by atoms with Crippen LogP contribution < -0.4 is 15.8 Å². The van der Waals surface area contributed by atoms with Crippen LogP contribution in [0, 0.1) is 11.6 Å². The van der Waals surface area contributed by atoms with E-state index in [0.29, 0.717) is 36.6 Å². The minimum atomic E-state index is -0.669. The Morgan fingerprint density at radius 3 is 2.55 bits per heavy atom. The Hall–Kier alpha value is -3.25. The molecule has 150 valence electrons. The van der Waals surface area contributed by atoms with Crippen molar-refractivity contribution in [3.05, 3.63) is 89.5 Å². The van der Waals surface area contributed by atoms with Gasteiger partial charge < -0.3 is 15.8 Å². The van der Waals surface area contributed by atoms with Gasteiger partial charge >= 0.3 is 0 Å². The van der Waals surface area contributed by atoms with E-state index in [-0.39, 0.29) is 11.4 Å². The van der Waals surface area contributed by atoms with E-state index in [0.717, 1.165) is 18.1 Å². The zero-order valence-corrected chi connectivity index (χ0v) is 15.8. The number of nitrogens with one attached hydrogen (secondary N) is 1. The molecule has 3 aromatic carbocycles. The summed E-state index contributed by atoms with van der Waals surface area (Å²) in [6.45, 7) is 1.78. The van der Waals surface area contributed by atoms with Crippen molar-refractivity contribution < 1.29 is 18.3 Å². The average molecular weight is 396 g/mol. The van der Waals surface area contributed by atoms with Crippen LogP contribution >= 0.6 is 0 Å². The third-order valence-corrected chi connectivity index (χ3v) is 4.43. The van der Waals surface area contributed by atoms with Crippen molar-refractivity contribution in [3.8, 4) is 16.9 Å². The summed E-state index contributed by atoms with van der Waals surface area (Å²) in [5, 5.41) is 3.24. The maximum Gasteiger partial charge on any atom is 0.248 e. The third-order valence-electron chi connectivity index (χ3n) is 4.43. The number of halogens is 2. The number of nitrogens with two attached hydrogens (primary N) is 1. The number of ether oxygens (including phenoxy) is 1. The molecular formula is C23H22F2N2O2. The van der Waals surface area contributed by atoms with Crippen molar-refractivity contribution >= 4 is 5.91 Å². The second kappa shape index (κ2) is 9.80. The molecule has 0 heterocycles. The molecule has 4 nitrogen and oxygen atoms in total. The van der Waals surface area contributed by atoms with Crippen molar-refractivity contribution in [2.24, 2.45) is 5.73 Å². The first-order valence-electron chi connectivity index (χ1n) is 9.30. The largest absolute Gasteiger partial charge is 0.492 e. The SMILES string of the molecule is NC(=O)c1ccc(-c2cccc(OCCNCCc3cccc(F)c3)c2)c(F)c1. The molecule has 0 aliphatic heterocycles. The van der Waals surface area contributed by atoms with E-state index >= 15 is 0 Å². The monoisotopic (exact) mass is 396 g/mol. The zero-order chi connectivity index (χ0) is 20.6. The summed E-state index contributed by atoms with van der Waals surface area (Å²) in [5.74, 6) is -0.797. The van der Waals surface area contributed by atoms with Gasteiger partial charge in [0.15, 0.2) is 0 Å². The van der Waals surface area contributed by atoms with E-state index in [4.69, 9.17) is 10.5 Å². The Kier molecular flexibility index (Phi) is 6.92. The topological polar surface area (TPSA) is 64.4 Å². The molecule has 0 atom stereocenters. The lowest BCUT2D eigenvalue weighted by Crippen LogP contribution is -2.23. The van der Waals surface area contributed by atoms with E-state index in [1.807, 2.05) is 6.07 Å². The van der Waals surface area contributed by atoms with Crippen LogP contribution in [0.15, 0.2) is 66.7 Å². The average Bonchev–Trinajstić information content (AvgIpc) is 2.70. The number of amides is 1. The normalized spacial score (nSPS) is 10.7. The summed E-state index contributed by atoms with van der Waals surface area (Å²) < 4.78 is 33.2. The molecule has 0 saturated heterocycles. The van der Waals surface area contributed by atoms with Gasteiger partial charge in [0, 0.05) is 17.7 Å². The van der Waals surface area contributed by atoms with Crippen LogP contribution in [-0.4, -0.2) is 25.6 Å². The first-order chi connectivity index (χ1) is 14.0. The van der Waals surface area contributed by atoms with E-state index in [2.05, 4.69) is 5.32 Å². The molecule has 29 heavy (non-hydrogen) atoms. The van der Waals surface area contributed by atoms with Gasteiger partial charge in [-0.15, -0.1) is 0 Å². The van der Waals surface area contributed by atoms with Gasteiger partial charge in [-0.1, -0.05) is 30.3 Å². The van der Waals surface area contributed by atoms with Crippen LogP contribution in [0.5, 0.6) is 5.75 Å².